The summed E-state index contributed by atoms with van der Waals surface area (Å²) in [4.78, 5) is 12.2. The molecule has 0 radical (unpaired) electrons. The molecule has 9 heteroatoms. The summed E-state index contributed by atoms with van der Waals surface area (Å²) >= 11 is 1.04. The van der Waals surface area contributed by atoms with Crippen LogP contribution in [0, 0.1) is 0 Å². The van der Waals surface area contributed by atoms with Crippen LogP contribution < -0.4 is 19.1 Å². The van der Waals surface area contributed by atoms with Crippen LogP contribution in [0.2, 0.25) is 0 Å². The van der Waals surface area contributed by atoms with E-state index in [1.165, 1.54) is 12.1 Å². The van der Waals surface area contributed by atoms with E-state index in [4.69, 9.17) is 9.47 Å². The fraction of sp³-hybridized carbons (Fsp3) is 0.278. The molecule has 2 heterocycles. The normalized spacial score (nSPS) is 13.9. The lowest BCUT2D eigenvalue weighted by molar-refractivity contribution is 0.171. The van der Waals surface area contributed by atoms with E-state index in [9.17, 15) is 13.2 Å². The van der Waals surface area contributed by atoms with Crippen molar-refractivity contribution in [3.8, 4) is 11.5 Å². The molecule has 0 bridgehead atoms. The molecule has 1 aliphatic heterocycles. The molecule has 3 aromatic rings. The van der Waals surface area contributed by atoms with Crippen molar-refractivity contribution in [2.75, 3.05) is 17.9 Å². The molecule has 0 unspecified atom stereocenters. The second kappa shape index (κ2) is 6.58. The van der Waals surface area contributed by atoms with E-state index in [2.05, 4.69) is 4.72 Å². The number of aromatic nitrogens is 1. The summed E-state index contributed by atoms with van der Waals surface area (Å²) in [7, 11) is -3.81. The molecule has 0 atom stereocenters. The third-order valence-electron chi connectivity index (χ3n) is 4.21. The van der Waals surface area contributed by atoms with E-state index in [-0.39, 0.29) is 15.8 Å². The third kappa shape index (κ3) is 3.28. The number of fused-ring (bicyclic) bond motifs is 2. The smallest absolute Gasteiger partial charge is 0.308 e. The number of nitrogens with one attached hydrogen (secondary N) is 1. The molecule has 1 N–H and O–H groups in total. The SMILES string of the molecule is CC(C)n1c(=O)sc2cc(S(=O)(=O)Nc3ccc4c(c3)OCCO4)ccc21. The van der Waals surface area contributed by atoms with E-state index in [0.717, 1.165) is 16.9 Å². The Hall–Kier alpha value is -2.52. The molecular formula is C18H18N2O5S2. The van der Waals surface area contributed by atoms with Gasteiger partial charge in [-0.15, -0.1) is 0 Å². The molecule has 0 aliphatic carbocycles. The number of sulfonamides is 1. The van der Waals surface area contributed by atoms with Crippen LogP contribution in [0.1, 0.15) is 19.9 Å². The van der Waals surface area contributed by atoms with Gasteiger partial charge in [0.25, 0.3) is 10.0 Å². The summed E-state index contributed by atoms with van der Waals surface area (Å²) in [6, 6.07) is 9.60. The van der Waals surface area contributed by atoms with E-state index in [0.29, 0.717) is 35.1 Å². The molecule has 2 aromatic carbocycles. The lowest BCUT2D eigenvalue weighted by atomic mass is 10.3. The second-order valence-electron chi connectivity index (χ2n) is 6.43. The first-order chi connectivity index (χ1) is 12.8. The standard InChI is InChI=1S/C18H18N2O5S2/c1-11(2)20-14-5-4-13(10-17(14)26-18(20)21)27(22,23)19-12-3-6-15-16(9-12)25-8-7-24-15/h3-6,9-11,19H,7-8H2,1-2H3. The molecule has 27 heavy (non-hydrogen) atoms. The largest absolute Gasteiger partial charge is 0.486 e. The van der Waals surface area contributed by atoms with Gasteiger partial charge in [0.1, 0.15) is 13.2 Å². The molecule has 0 amide bonds. The van der Waals surface area contributed by atoms with Gasteiger partial charge in [0.05, 0.1) is 20.8 Å². The van der Waals surface area contributed by atoms with E-state index >= 15 is 0 Å². The average molecular weight is 406 g/mol. The fourth-order valence-electron chi connectivity index (χ4n) is 2.99. The minimum absolute atomic E-state index is 0.00421. The molecule has 7 nitrogen and oxygen atoms in total. The summed E-state index contributed by atoms with van der Waals surface area (Å²) in [6.07, 6.45) is 0. The Kier molecular flexibility index (Phi) is 4.35. The zero-order valence-electron chi connectivity index (χ0n) is 14.8. The Morgan fingerprint density at radius 2 is 1.81 bits per heavy atom. The lowest BCUT2D eigenvalue weighted by Crippen LogP contribution is -2.17. The predicted molar refractivity (Wildman–Crippen MR) is 105 cm³/mol. The van der Waals surface area contributed by atoms with Gasteiger partial charge in [-0.3, -0.25) is 14.1 Å². The first-order valence-electron chi connectivity index (χ1n) is 8.43. The molecule has 142 valence electrons. The molecule has 0 spiro atoms. The molecule has 1 aliphatic rings. The number of hydrogen-bond acceptors (Lipinski definition) is 6. The number of ether oxygens (including phenoxy) is 2. The summed E-state index contributed by atoms with van der Waals surface area (Å²) in [6.45, 7) is 4.73. The van der Waals surface area contributed by atoms with Crippen molar-refractivity contribution >= 4 is 37.3 Å². The Balaban J connectivity index is 1.68. The van der Waals surface area contributed by atoms with Gasteiger partial charge in [-0.1, -0.05) is 11.3 Å². The van der Waals surface area contributed by atoms with E-state index in [1.807, 2.05) is 13.8 Å². The highest BCUT2D eigenvalue weighted by Crippen LogP contribution is 2.33. The lowest BCUT2D eigenvalue weighted by Gasteiger charge is -2.19. The number of nitrogens with zero attached hydrogens (tertiary/aromatic N) is 1. The third-order valence-corrected chi connectivity index (χ3v) is 6.50. The van der Waals surface area contributed by atoms with Crippen molar-refractivity contribution in [1.29, 1.82) is 0 Å². The van der Waals surface area contributed by atoms with Gasteiger partial charge in [0.15, 0.2) is 11.5 Å². The minimum Gasteiger partial charge on any atom is -0.486 e. The molecular weight excluding hydrogens is 388 g/mol. The van der Waals surface area contributed by atoms with Crippen LogP contribution in [0.15, 0.2) is 46.1 Å². The number of anilines is 1. The Morgan fingerprint density at radius 1 is 1.07 bits per heavy atom. The van der Waals surface area contributed by atoms with Gasteiger partial charge in [-0.05, 0) is 44.2 Å². The number of thiazole rings is 1. The average Bonchev–Trinajstić information content (AvgIpc) is 2.96. The summed E-state index contributed by atoms with van der Waals surface area (Å²) < 4.78 is 41.3. The summed E-state index contributed by atoms with van der Waals surface area (Å²) in [5, 5.41) is 0. The van der Waals surface area contributed by atoms with Crippen LogP contribution in [-0.4, -0.2) is 26.2 Å². The fourth-order valence-corrected chi connectivity index (χ4v) is 5.20. The van der Waals surface area contributed by atoms with Crippen molar-refractivity contribution in [1.82, 2.24) is 4.57 Å². The molecule has 0 saturated heterocycles. The number of hydrogen-bond donors (Lipinski definition) is 1. The van der Waals surface area contributed by atoms with Crippen LogP contribution in [0.4, 0.5) is 5.69 Å². The van der Waals surface area contributed by atoms with Gasteiger partial charge >= 0.3 is 4.87 Å². The molecule has 0 saturated carbocycles. The van der Waals surface area contributed by atoms with Gasteiger partial charge in [0, 0.05) is 12.1 Å². The highest BCUT2D eigenvalue weighted by molar-refractivity contribution is 7.92. The Morgan fingerprint density at radius 3 is 2.56 bits per heavy atom. The highest BCUT2D eigenvalue weighted by atomic mass is 32.2. The molecule has 4 rings (SSSR count). The maximum atomic E-state index is 12.8. The van der Waals surface area contributed by atoms with Crippen LogP contribution in [0.3, 0.4) is 0 Å². The quantitative estimate of drug-likeness (QED) is 0.719. The highest BCUT2D eigenvalue weighted by Gasteiger charge is 2.19. The van der Waals surface area contributed by atoms with Gasteiger partial charge in [-0.2, -0.15) is 0 Å². The summed E-state index contributed by atoms with van der Waals surface area (Å²) in [5.41, 5.74) is 1.12. The van der Waals surface area contributed by atoms with Crippen LogP contribution >= 0.6 is 11.3 Å². The molecule has 0 fully saturated rings. The minimum atomic E-state index is -3.81. The Labute approximate surface area is 160 Å². The van der Waals surface area contributed by atoms with Crippen molar-refractivity contribution < 1.29 is 17.9 Å². The van der Waals surface area contributed by atoms with Crippen LogP contribution in [0.25, 0.3) is 10.2 Å². The van der Waals surface area contributed by atoms with Crippen molar-refractivity contribution in [2.24, 2.45) is 0 Å². The molecule has 1 aromatic heterocycles. The second-order valence-corrected chi connectivity index (χ2v) is 9.10. The van der Waals surface area contributed by atoms with Crippen molar-refractivity contribution in [2.45, 2.75) is 24.8 Å². The van der Waals surface area contributed by atoms with Crippen molar-refractivity contribution in [3.05, 3.63) is 46.1 Å². The predicted octanol–water partition coefficient (Wildman–Crippen LogP) is 3.22. The first-order valence-corrected chi connectivity index (χ1v) is 10.7. The number of benzene rings is 2. The van der Waals surface area contributed by atoms with E-state index in [1.54, 1.807) is 28.8 Å². The van der Waals surface area contributed by atoms with Gasteiger partial charge < -0.3 is 9.47 Å². The topological polar surface area (TPSA) is 86.6 Å². The zero-order chi connectivity index (χ0) is 19.2. The maximum absolute atomic E-state index is 12.8. The first kappa shape index (κ1) is 17.9. The number of rotatable bonds is 4. The van der Waals surface area contributed by atoms with Crippen LogP contribution in [0.5, 0.6) is 11.5 Å². The zero-order valence-corrected chi connectivity index (χ0v) is 16.4. The summed E-state index contributed by atoms with van der Waals surface area (Å²) in [5.74, 6) is 1.09. The Bertz CT molecular complexity index is 1180. The van der Waals surface area contributed by atoms with Crippen LogP contribution in [-0.2, 0) is 10.0 Å². The van der Waals surface area contributed by atoms with Gasteiger partial charge in [0.2, 0.25) is 0 Å². The van der Waals surface area contributed by atoms with Crippen molar-refractivity contribution in [3.63, 3.8) is 0 Å². The monoisotopic (exact) mass is 406 g/mol. The maximum Gasteiger partial charge on any atom is 0.308 e. The van der Waals surface area contributed by atoms with E-state index < -0.39 is 10.0 Å². The van der Waals surface area contributed by atoms with Gasteiger partial charge in [-0.25, -0.2) is 8.42 Å².